The third-order valence-electron chi connectivity index (χ3n) is 2.46. The van der Waals surface area contributed by atoms with Gasteiger partial charge in [0, 0.05) is 23.9 Å². The molecular weight excluding hydrogens is 282 g/mol. The van der Waals surface area contributed by atoms with Gasteiger partial charge in [-0.05, 0) is 35.0 Å². The molecule has 2 aromatic rings. The highest BCUT2D eigenvalue weighted by molar-refractivity contribution is 9.10. The van der Waals surface area contributed by atoms with Crippen molar-refractivity contribution in [3.63, 3.8) is 0 Å². The van der Waals surface area contributed by atoms with Crippen LogP contribution in [0.2, 0.25) is 0 Å². The fourth-order valence-corrected chi connectivity index (χ4v) is 2.02. The Balaban J connectivity index is 2.58. The number of nitrogens with zero attached hydrogens (tertiary/aromatic N) is 3. The molecule has 0 radical (unpaired) electrons. The van der Waals surface area contributed by atoms with Crippen molar-refractivity contribution in [3.8, 4) is 22.9 Å². The fraction of sp³-hybridized carbons (Fsp3) is 0.167. The Bertz CT molecular complexity index is 598. The molecule has 0 amide bonds. The van der Waals surface area contributed by atoms with Gasteiger partial charge in [-0.25, -0.2) is 0 Å². The molecule has 0 aliphatic rings. The Kier molecular flexibility index (Phi) is 3.16. The average molecular weight is 292 g/mol. The Morgan fingerprint density at radius 3 is 2.88 bits per heavy atom. The van der Waals surface area contributed by atoms with Crippen molar-refractivity contribution < 1.29 is 5.11 Å². The van der Waals surface area contributed by atoms with E-state index < -0.39 is 0 Å². The smallest absolute Gasteiger partial charge is 0.137 e. The van der Waals surface area contributed by atoms with E-state index in [1.54, 1.807) is 23.0 Å². The molecule has 86 valence electrons. The Morgan fingerprint density at radius 1 is 1.53 bits per heavy atom. The first-order valence-corrected chi connectivity index (χ1v) is 5.90. The van der Waals surface area contributed by atoms with Gasteiger partial charge in [-0.2, -0.15) is 10.4 Å². The maximum Gasteiger partial charge on any atom is 0.137 e. The van der Waals surface area contributed by atoms with Gasteiger partial charge in [0.25, 0.3) is 0 Å². The lowest BCUT2D eigenvalue weighted by atomic mass is 10.1. The average Bonchev–Trinajstić information content (AvgIpc) is 2.81. The number of phenols is 1. The Labute approximate surface area is 107 Å². The number of nitriles is 1. The van der Waals surface area contributed by atoms with Crippen LogP contribution in [0.1, 0.15) is 12.5 Å². The van der Waals surface area contributed by atoms with Gasteiger partial charge in [0.05, 0.1) is 22.3 Å². The molecule has 0 unspecified atom stereocenters. The first-order valence-electron chi connectivity index (χ1n) is 5.11. The molecule has 0 aliphatic carbocycles. The van der Waals surface area contributed by atoms with Crippen molar-refractivity contribution in [2.75, 3.05) is 0 Å². The summed E-state index contributed by atoms with van der Waals surface area (Å²) in [5.41, 5.74) is 1.90. The van der Waals surface area contributed by atoms with Crippen molar-refractivity contribution in [1.82, 2.24) is 9.78 Å². The van der Waals surface area contributed by atoms with Gasteiger partial charge in [-0.1, -0.05) is 0 Å². The third kappa shape index (κ3) is 2.17. The van der Waals surface area contributed by atoms with Gasteiger partial charge in [0.1, 0.15) is 5.75 Å². The molecule has 1 aromatic heterocycles. The summed E-state index contributed by atoms with van der Waals surface area (Å²) in [5.74, 6) is 0.125. The third-order valence-corrected chi connectivity index (χ3v) is 3.07. The van der Waals surface area contributed by atoms with Gasteiger partial charge < -0.3 is 5.11 Å². The molecule has 1 aromatic carbocycles. The molecule has 5 heteroatoms. The van der Waals surface area contributed by atoms with Crippen LogP contribution in [0.5, 0.6) is 5.75 Å². The minimum atomic E-state index is 0.125. The van der Waals surface area contributed by atoms with Crippen LogP contribution in [0.4, 0.5) is 0 Å². The molecule has 0 fully saturated rings. The molecular formula is C12H10BrN3O. The van der Waals surface area contributed by atoms with Crippen LogP contribution in [0.3, 0.4) is 0 Å². The summed E-state index contributed by atoms with van der Waals surface area (Å²) >= 11 is 3.23. The minimum absolute atomic E-state index is 0.125. The van der Waals surface area contributed by atoms with Crippen molar-refractivity contribution in [1.29, 1.82) is 5.26 Å². The van der Waals surface area contributed by atoms with Gasteiger partial charge >= 0.3 is 0 Å². The molecule has 1 N–H and O–H groups in total. The zero-order valence-corrected chi connectivity index (χ0v) is 10.8. The zero-order valence-electron chi connectivity index (χ0n) is 9.18. The van der Waals surface area contributed by atoms with Crippen LogP contribution in [0, 0.1) is 11.3 Å². The van der Waals surface area contributed by atoms with Crippen LogP contribution in [-0.4, -0.2) is 14.9 Å². The largest absolute Gasteiger partial charge is 0.506 e. The lowest BCUT2D eigenvalue weighted by Crippen LogP contribution is -1.92. The topological polar surface area (TPSA) is 61.8 Å². The fourth-order valence-electron chi connectivity index (χ4n) is 1.56. The molecule has 0 spiro atoms. The molecule has 1 heterocycles. The van der Waals surface area contributed by atoms with Crippen LogP contribution < -0.4 is 0 Å². The lowest BCUT2D eigenvalue weighted by Gasteiger charge is -2.04. The molecule has 2 rings (SSSR count). The quantitative estimate of drug-likeness (QED) is 0.925. The summed E-state index contributed by atoms with van der Waals surface area (Å²) < 4.78 is 2.28. The molecule has 4 nitrogen and oxygen atoms in total. The summed E-state index contributed by atoms with van der Waals surface area (Å²) in [6.45, 7) is 2.75. The van der Waals surface area contributed by atoms with E-state index in [1.807, 2.05) is 13.1 Å². The first kappa shape index (κ1) is 11.7. The molecule has 0 saturated carbocycles. The number of hydrogen-bond acceptors (Lipinski definition) is 3. The number of hydrogen-bond donors (Lipinski definition) is 1. The number of benzene rings is 1. The van der Waals surface area contributed by atoms with E-state index in [0.29, 0.717) is 15.6 Å². The predicted molar refractivity (Wildman–Crippen MR) is 67.4 cm³/mol. The van der Waals surface area contributed by atoms with Crippen LogP contribution in [0.15, 0.2) is 29.0 Å². The summed E-state index contributed by atoms with van der Waals surface area (Å²) in [7, 11) is 0. The van der Waals surface area contributed by atoms with E-state index in [-0.39, 0.29) is 5.75 Å². The van der Waals surface area contributed by atoms with Crippen LogP contribution in [0.25, 0.3) is 11.1 Å². The van der Waals surface area contributed by atoms with E-state index in [2.05, 4.69) is 27.1 Å². The number of halogens is 1. The standard InChI is InChI=1S/C12H10BrN3O/c1-2-16-7-9(6-15-16)10-3-8(5-14)4-11(13)12(10)17/h3-4,6-7,17H,2H2,1H3. The Morgan fingerprint density at radius 2 is 2.29 bits per heavy atom. The Hall–Kier alpha value is -1.80. The van der Waals surface area contributed by atoms with Gasteiger partial charge in [0.2, 0.25) is 0 Å². The minimum Gasteiger partial charge on any atom is -0.506 e. The summed E-state index contributed by atoms with van der Waals surface area (Å²) in [6.07, 6.45) is 3.51. The van der Waals surface area contributed by atoms with Crippen molar-refractivity contribution in [2.45, 2.75) is 13.5 Å². The van der Waals surface area contributed by atoms with Crippen LogP contribution in [-0.2, 0) is 6.54 Å². The van der Waals surface area contributed by atoms with E-state index in [0.717, 1.165) is 12.1 Å². The number of aryl methyl sites for hydroxylation is 1. The molecule has 0 aliphatic heterocycles. The monoisotopic (exact) mass is 291 g/mol. The highest BCUT2D eigenvalue weighted by atomic mass is 79.9. The van der Waals surface area contributed by atoms with Gasteiger partial charge in [0.15, 0.2) is 0 Å². The van der Waals surface area contributed by atoms with Crippen LogP contribution >= 0.6 is 15.9 Å². The summed E-state index contributed by atoms with van der Waals surface area (Å²) in [6, 6.07) is 5.29. The lowest BCUT2D eigenvalue weighted by molar-refractivity contribution is 0.474. The second-order valence-electron chi connectivity index (χ2n) is 3.55. The normalized spacial score (nSPS) is 10.2. The number of aromatic hydroxyl groups is 1. The van der Waals surface area contributed by atoms with E-state index in [4.69, 9.17) is 5.26 Å². The van der Waals surface area contributed by atoms with E-state index in [9.17, 15) is 5.11 Å². The summed E-state index contributed by atoms with van der Waals surface area (Å²) in [5, 5.41) is 23.0. The molecule has 0 bridgehead atoms. The zero-order chi connectivity index (χ0) is 12.4. The first-order chi connectivity index (χ1) is 8.15. The van der Waals surface area contributed by atoms with Crippen molar-refractivity contribution in [3.05, 3.63) is 34.6 Å². The SMILES string of the molecule is CCn1cc(-c2cc(C#N)cc(Br)c2O)cn1. The second-order valence-corrected chi connectivity index (χ2v) is 4.41. The van der Waals surface area contributed by atoms with Gasteiger partial charge in [-0.15, -0.1) is 0 Å². The van der Waals surface area contributed by atoms with E-state index >= 15 is 0 Å². The second kappa shape index (κ2) is 4.60. The van der Waals surface area contributed by atoms with Crippen molar-refractivity contribution >= 4 is 15.9 Å². The van der Waals surface area contributed by atoms with E-state index in [1.165, 1.54) is 0 Å². The molecule has 0 saturated heterocycles. The summed E-state index contributed by atoms with van der Waals surface area (Å²) in [4.78, 5) is 0. The molecule has 0 atom stereocenters. The predicted octanol–water partition coefficient (Wildman–Crippen LogP) is 2.91. The number of rotatable bonds is 2. The maximum atomic E-state index is 9.96. The van der Waals surface area contributed by atoms with Gasteiger partial charge in [-0.3, -0.25) is 4.68 Å². The number of phenolic OH excluding ortho intramolecular Hbond substituents is 1. The number of aromatic nitrogens is 2. The molecule has 17 heavy (non-hydrogen) atoms. The highest BCUT2D eigenvalue weighted by Gasteiger charge is 2.11. The maximum absolute atomic E-state index is 9.96. The van der Waals surface area contributed by atoms with Crippen molar-refractivity contribution in [2.24, 2.45) is 0 Å². The highest BCUT2D eigenvalue weighted by Crippen LogP contribution is 2.36.